The molecular formula is C20H38O12. The van der Waals surface area contributed by atoms with Crippen LogP contribution >= 0.6 is 0 Å². The molecule has 0 unspecified atom stereocenters. The van der Waals surface area contributed by atoms with Gasteiger partial charge < -0.3 is 46.0 Å². The van der Waals surface area contributed by atoms with E-state index in [2.05, 4.69) is 19.7 Å². The predicted molar refractivity (Wildman–Crippen MR) is 117 cm³/mol. The summed E-state index contributed by atoms with van der Waals surface area (Å²) >= 11 is 0. The molecule has 190 valence electrons. The Bertz CT molecular complexity index is 407. The van der Waals surface area contributed by atoms with Crippen molar-refractivity contribution in [2.75, 3.05) is 39.6 Å². The van der Waals surface area contributed by atoms with E-state index in [4.69, 9.17) is 46.0 Å². The summed E-state index contributed by atoms with van der Waals surface area (Å²) in [6, 6.07) is 0. The van der Waals surface area contributed by atoms with E-state index in [-0.39, 0.29) is 13.2 Å². The molecule has 0 aromatic carbocycles. The zero-order valence-electron chi connectivity index (χ0n) is 18.2. The molecule has 0 heterocycles. The number of hydrogen-bond donors (Lipinski definition) is 9. The first-order valence-corrected chi connectivity index (χ1v) is 9.19. The second-order valence-corrected chi connectivity index (χ2v) is 5.62. The first-order valence-electron chi connectivity index (χ1n) is 9.19. The fraction of sp³-hybridized carbons (Fsp3) is 0.550. The molecule has 12 nitrogen and oxygen atoms in total. The van der Waals surface area contributed by atoms with E-state index < -0.39 is 49.8 Å². The van der Waals surface area contributed by atoms with Crippen molar-refractivity contribution in [3.05, 3.63) is 38.0 Å². The van der Waals surface area contributed by atoms with Gasteiger partial charge in [-0.05, 0) is 12.8 Å². The number of unbranched alkanes of at least 4 members (excludes halogenated alkanes) is 3. The average Bonchev–Trinajstić information content (AvgIpc) is 2.80. The normalized spacial score (nSPS) is 8.81. The molecule has 32 heavy (non-hydrogen) atoms. The maximum absolute atomic E-state index is 9.25. The summed E-state index contributed by atoms with van der Waals surface area (Å²) in [4.78, 5) is 27.8. The van der Waals surface area contributed by atoms with Crippen LogP contribution in [0.2, 0.25) is 0 Å². The minimum Gasteiger partial charge on any atom is -0.478 e. The van der Waals surface area contributed by atoms with E-state index in [1.54, 1.807) is 0 Å². The number of aliphatic hydroxyl groups is 6. The Hall–Kier alpha value is -2.61. The smallest absolute Gasteiger partial charge is 0.327 e. The average molecular weight is 471 g/mol. The molecule has 12 heteroatoms. The quantitative estimate of drug-likeness (QED) is 0.126. The van der Waals surface area contributed by atoms with Crippen LogP contribution in [0.4, 0.5) is 0 Å². The van der Waals surface area contributed by atoms with Crippen LogP contribution in [0.15, 0.2) is 38.0 Å². The molecule has 0 aliphatic rings. The predicted octanol–water partition coefficient (Wildman–Crippen LogP) is -0.756. The van der Waals surface area contributed by atoms with Gasteiger partial charge >= 0.3 is 17.9 Å². The van der Waals surface area contributed by atoms with Gasteiger partial charge in [0.15, 0.2) is 0 Å². The van der Waals surface area contributed by atoms with Gasteiger partial charge in [0.05, 0.1) is 31.8 Å². The van der Waals surface area contributed by atoms with E-state index in [0.29, 0.717) is 0 Å². The molecule has 0 saturated heterocycles. The highest BCUT2D eigenvalue weighted by Crippen LogP contribution is 2.11. The van der Waals surface area contributed by atoms with E-state index in [1.165, 1.54) is 0 Å². The van der Waals surface area contributed by atoms with Crippen LogP contribution in [0.3, 0.4) is 0 Å². The van der Waals surface area contributed by atoms with Crippen molar-refractivity contribution in [3.8, 4) is 0 Å². The second kappa shape index (κ2) is 33.0. The van der Waals surface area contributed by atoms with Crippen LogP contribution < -0.4 is 0 Å². The molecule has 0 atom stereocenters. The number of hydrogen-bond acceptors (Lipinski definition) is 9. The zero-order chi connectivity index (χ0) is 26.4. The maximum atomic E-state index is 9.25. The van der Waals surface area contributed by atoms with E-state index in [9.17, 15) is 14.4 Å². The third-order valence-electron chi connectivity index (χ3n) is 2.93. The van der Waals surface area contributed by atoms with Gasteiger partial charge in [-0.15, -0.1) is 0 Å². The van der Waals surface area contributed by atoms with Gasteiger partial charge in [-0.2, -0.15) is 0 Å². The molecule has 0 spiro atoms. The standard InChI is InChI=1S/C6H14O2.C5H12O4.3C3H4O2/c7-5-3-1-2-4-6-8;6-1-5(2-7,3-8)4-9;3*1-2-3(4)5/h7-8H,1-6H2;6-9H,1-4H2;3*2H,1H2,(H,4,5). The van der Waals surface area contributed by atoms with Crippen LogP contribution in [0.25, 0.3) is 0 Å². The van der Waals surface area contributed by atoms with Crippen LogP contribution in [-0.2, 0) is 14.4 Å². The number of aliphatic carboxylic acids is 3. The van der Waals surface area contributed by atoms with Crippen molar-refractivity contribution >= 4 is 17.9 Å². The van der Waals surface area contributed by atoms with Crippen LogP contribution in [0.1, 0.15) is 25.7 Å². The Morgan fingerprint density at radius 1 is 0.531 bits per heavy atom. The molecule has 9 N–H and O–H groups in total. The van der Waals surface area contributed by atoms with Gasteiger partial charge in [-0.25, -0.2) is 14.4 Å². The largest absolute Gasteiger partial charge is 0.478 e. The lowest BCUT2D eigenvalue weighted by Crippen LogP contribution is -2.37. The highest BCUT2D eigenvalue weighted by molar-refractivity contribution is 5.79. The lowest BCUT2D eigenvalue weighted by Gasteiger charge is -2.23. The molecular weight excluding hydrogens is 432 g/mol. The summed E-state index contributed by atoms with van der Waals surface area (Å²) in [5.74, 6) is -2.94. The first-order chi connectivity index (χ1) is 15.0. The number of carboxylic acid groups (broad SMARTS) is 3. The monoisotopic (exact) mass is 470 g/mol. The van der Waals surface area contributed by atoms with Gasteiger partial charge in [0, 0.05) is 31.4 Å². The molecule has 0 amide bonds. The topological polar surface area (TPSA) is 233 Å². The fourth-order valence-corrected chi connectivity index (χ4v) is 0.877. The van der Waals surface area contributed by atoms with Crippen molar-refractivity contribution in [1.29, 1.82) is 0 Å². The number of aliphatic hydroxyl groups excluding tert-OH is 6. The Morgan fingerprint density at radius 3 is 0.781 bits per heavy atom. The Balaban J connectivity index is -0.0000000976. The lowest BCUT2D eigenvalue weighted by molar-refractivity contribution is -0.132. The fourth-order valence-electron chi connectivity index (χ4n) is 0.877. The second-order valence-electron chi connectivity index (χ2n) is 5.62. The number of rotatable bonds is 12. The first kappa shape index (κ1) is 39.8. The molecule has 0 fully saturated rings. The van der Waals surface area contributed by atoms with Crippen molar-refractivity contribution < 1.29 is 60.3 Å². The third kappa shape index (κ3) is 45.9. The number of carbonyl (C=O) groups is 3. The highest BCUT2D eigenvalue weighted by Gasteiger charge is 2.26. The Kier molecular flexibility index (Phi) is 41.1. The van der Waals surface area contributed by atoms with Crippen molar-refractivity contribution in [2.45, 2.75) is 25.7 Å². The lowest BCUT2D eigenvalue weighted by atomic mass is 9.93. The van der Waals surface area contributed by atoms with Crippen molar-refractivity contribution in [2.24, 2.45) is 5.41 Å². The molecule has 0 aromatic heterocycles. The van der Waals surface area contributed by atoms with Gasteiger partial charge in [0.1, 0.15) is 0 Å². The molecule has 0 radical (unpaired) electrons. The van der Waals surface area contributed by atoms with Gasteiger partial charge in [-0.1, -0.05) is 32.6 Å². The van der Waals surface area contributed by atoms with Crippen LogP contribution in [0, 0.1) is 5.41 Å². The maximum Gasteiger partial charge on any atom is 0.327 e. The van der Waals surface area contributed by atoms with E-state index in [0.717, 1.165) is 43.9 Å². The summed E-state index contributed by atoms with van der Waals surface area (Å²) in [7, 11) is 0. The van der Waals surface area contributed by atoms with E-state index >= 15 is 0 Å². The molecule has 0 aliphatic heterocycles. The van der Waals surface area contributed by atoms with Crippen molar-refractivity contribution in [3.63, 3.8) is 0 Å². The number of carboxylic acids is 3. The third-order valence-corrected chi connectivity index (χ3v) is 2.93. The van der Waals surface area contributed by atoms with Crippen LogP contribution in [0.5, 0.6) is 0 Å². The van der Waals surface area contributed by atoms with Gasteiger partial charge in [-0.3, -0.25) is 0 Å². The van der Waals surface area contributed by atoms with Gasteiger partial charge in [0.25, 0.3) is 0 Å². The summed E-state index contributed by atoms with van der Waals surface area (Å²) in [6.07, 6.45) is 6.33. The molecule has 0 aliphatic carbocycles. The molecule has 0 aromatic rings. The van der Waals surface area contributed by atoms with Crippen molar-refractivity contribution in [1.82, 2.24) is 0 Å². The van der Waals surface area contributed by atoms with Gasteiger partial charge in [0.2, 0.25) is 0 Å². The van der Waals surface area contributed by atoms with Crippen LogP contribution in [-0.4, -0.2) is 104 Å². The summed E-state index contributed by atoms with van der Waals surface area (Å²) < 4.78 is 0. The Morgan fingerprint density at radius 2 is 0.719 bits per heavy atom. The summed E-state index contributed by atoms with van der Waals surface area (Å²) in [5.41, 5.74) is -1.11. The highest BCUT2D eigenvalue weighted by atomic mass is 16.4. The SMILES string of the molecule is C=CC(=O)O.C=CC(=O)O.C=CC(=O)O.OCC(CO)(CO)CO.OCCCCCCO. The molecule has 0 rings (SSSR count). The molecule has 0 bridgehead atoms. The Labute approximate surface area is 187 Å². The minimum atomic E-state index is -1.11. The minimum absolute atomic E-state index is 0.283. The zero-order valence-corrected chi connectivity index (χ0v) is 18.2. The summed E-state index contributed by atoms with van der Waals surface area (Å²) in [5, 5.41) is 73.4. The van der Waals surface area contributed by atoms with E-state index in [1.807, 2.05) is 0 Å². The summed E-state index contributed by atoms with van der Waals surface area (Å²) in [6.45, 7) is 7.82. The molecule has 0 saturated carbocycles.